The van der Waals surface area contributed by atoms with E-state index in [9.17, 15) is 14.0 Å². The number of aromatic nitrogens is 1. The van der Waals surface area contributed by atoms with Crippen LogP contribution in [-0.4, -0.2) is 34.8 Å². The molecule has 1 saturated heterocycles. The average Bonchev–Trinajstić information content (AvgIpc) is 2.66. The lowest BCUT2D eigenvalue weighted by atomic mass is 10.00. The fraction of sp³-hybridized carbons (Fsp3) is 0.350. The van der Waals surface area contributed by atoms with Gasteiger partial charge in [-0.25, -0.2) is 9.37 Å². The summed E-state index contributed by atoms with van der Waals surface area (Å²) in [7, 11) is 0. The van der Waals surface area contributed by atoms with Crippen LogP contribution in [0.5, 0.6) is 0 Å². The van der Waals surface area contributed by atoms with Crippen molar-refractivity contribution in [3.63, 3.8) is 0 Å². The first kappa shape index (κ1) is 18.0. The third-order valence-corrected chi connectivity index (χ3v) is 4.54. The van der Waals surface area contributed by atoms with Crippen LogP contribution >= 0.6 is 0 Å². The quantitative estimate of drug-likeness (QED) is 0.917. The summed E-state index contributed by atoms with van der Waals surface area (Å²) < 4.78 is 13.6. The summed E-state index contributed by atoms with van der Waals surface area (Å²) in [4.78, 5) is 30.9. The van der Waals surface area contributed by atoms with Crippen LogP contribution < -0.4 is 5.32 Å². The molecule has 1 atom stereocenters. The molecule has 1 aliphatic heterocycles. The van der Waals surface area contributed by atoms with Crippen molar-refractivity contribution in [2.75, 3.05) is 13.1 Å². The smallest absolute Gasteiger partial charge is 0.272 e. The Balaban J connectivity index is 1.67. The number of likely N-dealkylation sites (tertiary alicyclic amines) is 1. The lowest BCUT2D eigenvalue weighted by Crippen LogP contribution is -2.39. The molecule has 2 heterocycles. The Hall–Kier alpha value is -2.76. The highest BCUT2D eigenvalue weighted by Crippen LogP contribution is 2.17. The molecule has 0 spiro atoms. The molecular weight excluding hydrogens is 333 g/mol. The molecule has 1 aliphatic rings. The Kier molecular flexibility index (Phi) is 5.61. The number of benzene rings is 1. The van der Waals surface area contributed by atoms with Gasteiger partial charge in [-0.1, -0.05) is 31.2 Å². The minimum Gasteiger partial charge on any atom is -0.347 e. The molecule has 6 heteroatoms. The predicted octanol–water partition coefficient (Wildman–Crippen LogP) is 3.02. The Morgan fingerprint density at radius 1 is 1.19 bits per heavy atom. The van der Waals surface area contributed by atoms with Gasteiger partial charge in [0.15, 0.2) is 0 Å². The number of nitrogens with zero attached hydrogens (tertiary/aromatic N) is 2. The van der Waals surface area contributed by atoms with Crippen molar-refractivity contribution in [3.05, 3.63) is 65.2 Å². The predicted molar refractivity (Wildman–Crippen MR) is 96.1 cm³/mol. The second-order valence-corrected chi connectivity index (χ2v) is 6.68. The van der Waals surface area contributed by atoms with Gasteiger partial charge in [0, 0.05) is 25.2 Å². The first-order chi connectivity index (χ1) is 12.5. The lowest BCUT2D eigenvalue weighted by Gasteiger charge is -2.30. The summed E-state index contributed by atoms with van der Waals surface area (Å²) >= 11 is 0. The van der Waals surface area contributed by atoms with Crippen LogP contribution in [0.3, 0.4) is 0 Å². The molecule has 1 aromatic heterocycles. The van der Waals surface area contributed by atoms with Gasteiger partial charge in [-0.3, -0.25) is 9.59 Å². The summed E-state index contributed by atoms with van der Waals surface area (Å²) in [5.74, 6) is -0.487. The highest BCUT2D eigenvalue weighted by Gasteiger charge is 2.23. The number of carbonyl (C=O) groups excluding carboxylic acids is 2. The number of hydrogen-bond donors (Lipinski definition) is 1. The Labute approximate surface area is 152 Å². The minimum atomic E-state index is -0.435. The van der Waals surface area contributed by atoms with Crippen molar-refractivity contribution in [2.24, 2.45) is 5.92 Å². The Morgan fingerprint density at radius 2 is 1.96 bits per heavy atom. The topological polar surface area (TPSA) is 62.3 Å². The van der Waals surface area contributed by atoms with E-state index < -0.39 is 5.91 Å². The van der Waals surface area contributed by atoms with Crippen LogP contribution in [0, 0.1) is 11.7 Å². The highest BCUT2D eigenvalue weighted by atomic mass is 19.1. The van der Waals surface area contributed by atoms with Crippen LogP contribution in [-0.2, 0) is 6.54 Å². The average molecular weight is 355 g/mol. The molecule has 3 rings (SSSR count). The fourth-order valence-corrected chi connectivity index (χ4v) is 3.12. The lowest BCUT2D eigenvalue weighted by molar-refractivity contribution is 0.0677. The van der Waals surface area contributed by atoms with E-state index in [2.05, 4.69) is 17.2 Å². The zero-order chi connectivity index (χ0) is 18.5. The molecule has 26 heavy (non-hydrogen) atoms. The maximum atomic E-state index is 13.6. The van der Waals surface area contributed by atoms with Crippen molar-refractivity contribution >= 4 is 11.8 Å². The normalized spacial score (nSPS) is 17.0. The number of carbonyl (C=O) groups is 2. The molecule has 1 N–H and O–H groups in total. The third-order valence-electron chi connectivity index (χ3n) is 4.54. The number of amides is 2. The van der Waals surface area contributed by atoms with Gasteiger partial charge in [0.25, 0.3) is 11.8 Å². The highest BCUT2D eigenvalue weighted by molar-refractivity contribution is 5.96. The largest absolute Gasteiger partial charge is 0.347 e. The monoisotopic (exact) mass is 355 g/mol. The molecule has 1 aromatic carbocycles. The molecule has 5 nitrogen and oxygen atoms in total. The minimum absolute atomic E-state index is 0.0645. The third kappa shape index (κ3) is 4.25. The number of piperidine rings is 1. The maximum Gasteiger partial charge on any atom is 0.272 e. The van der Waals surface area contributed by atoms with E-state index in [0.717, 1.165) is 12.8 Å². The van der Waals surface area contributed by atoms with E-state index in [1.165, 1.54) is 6.07 Å². The summed E-state index contributed by atoms with van der Waals surface area (Å²) in [5.41, 5.74) is 0.810. The van der Waals surface area contributed by atoms with Gasteiger partial charge in [-0.15, -0.1) is 0 Å². The summed E-state index contributed by atoms with van der Waals surface area (Å²) in [5, 5.41) is 2.64. The molecule has 0 saturated carbocycles. The molecule has 0 bridgehead atoms. The van der Waals surface area contributed by atoms with Crippen LogP contribution in [0.4, 0.5) is 4.39 Å². The van der Waals surface area contributed by atoms with E-state index in [-0.39, 0.29) is 29.7 Å². The molecule has 0 radical (unpaired) electrons. The summed E-state index contributed by atoms with van der Waals surface area (Å²) in [6, 6.07) is 11.1. The van der Waals surface area contributed by atoms with Gasteiger partial charge in [0.05, 0.1) is 0 Å². The maximum absolute atomic E-state index is 13.6. The number of rotatable bonds is 4. The van der Waals surface area contributed by atoms with E-state index in [0.29, 0.717) is 24.6 Å². The van der Waals surface area contributed by atoms with Gasteiger partial charge in [-0.05, 0) is 37.0 Å². The van der Waals surface area contributed by atoms with Crippen molar-refractivity contribution in [1.82, 2.24) is 15.2 Å². The van der Waals surface area contributed by atoms with Crippen molar-refractivity contribution in [2.45, 2.75) is 26.3 Å². The SMILES string of the molecule is CC1CCCN(C(=O)c2cccc(C(=O)NCc3ccccc3F)n2)C1. The zero-order valence-corrected chi connectivity index (χ0v) is 14.7. The summed E-state index contributed by atoms with van der Waals surface area (Å²) in [6.45, 7) is 3.62. The molecule has 1 fully saturated rings. The first-order valence-corrected chi connectivity index (χ1v) is 8.82. The van der Waals surface area contributed by atoms with Gasteiger partial charge >= 0.3 is 0 Å². The van der Waals surface area contributed by atoms with E-state index in [1.54, 1.807) is 41.3 Å². The van der Waals surface area contributed by atoms with E-state index >= 15 is 0 Å². The van der Waals surface area contributed by atoms with E-state index in [4.69, 9.17) is 0 Å². The van der Waals surface area contributed by atoms with E-state index in [1.807, 2.05) is 0 Å². The van der Waals surface area contributed by atoms with Crippen molar-refractivity contribution in [3.8, 4) is 0 Å². The van der Waals surface area contributed by atoms with Crippen LogP contribution in [0.2, 0.25) is 0 Å². The number of pyridine rings is 1. The van der Waals surface area contributed by atoms with Crippen LogP contribution in [0.25, 0.3) is 0 Å². The first-order valence-electron chi connectivity index (χ1n) is 8.82. The molecule has 1 unspecified atom stereocenters. The van der Waals surface area contributed by atoms with Crippen LogP contribution in [0.15, 0.2) is 42.5 Å². The van der Waals surface area contributed by atoms with Gasteiger partial charge in [0.2, 0.25) is 0 Å². The molecular formula is C20H22FN3O2. The van der Waals surface area contributed by atoms with Gasteiger partial charge in [-0.2, -0.15) is 0 Å². The number of hydrogen-bond acceptors (Lipinski definition) is 3. The van der Waals surface area contributed by atoms with Gasteiger partial charge < -0.3 is 10.2 Å². The standard InChI is InChI=1S/C20H22FN3O2/c1-14-6-5-11-24(13-14)20(26)18-10-4-9-17(23-18)19(25)22-12-15-7-2-3-8-16(15)21/h2-4,7-10,14H,5-6,11-13H2,1H3,(H,22,25). The second-order valence-electron chi connectivity index (χ2n) is 6.68. The van der Waals surface area contributed by atoms with Crippen molar-refractivity contribution < 1.29 is 14.0 Å². The zero-order valence-electron chi connectivity index (χ0n) is 14.7. The number of halogens is 1. The molecule has 2 aromatic rings. The number of nitrogens with one attached hydrogen (secondary N) is 1. The molecule has 2 amide bonds. The second kappa shape index (κ2) is 8.08. The molecule has 0 aliphatic carbocycles. The van der Waals surface area contributed by atoms with Crippen LogP contribution in [0.1, 0.15) is 46.3 Å². The van der Waals surface area contributed by atoms with Crippen molar-refractivity contribution in [1.29, 1.82) is 0 Å². The van der Waals surface area contributed by atoms with Gasteiger partial charge in [0.1, 0.15) is 17.2 Å². The molecule has 136 valence electrons. The Morgan fingerprint density at radius 3 is 2.73 bits per heavy atom. The summed E-state index contributed by atoms with van der Waals surface area (Å²) in [6.07, 6.45) is 2.10. The Bertz CT molecular complexity index is 809. The fourth-order valence-electron chi connectivity index (χ4n) is 3.12.